The number of nitrogens with zero attached hydrogens (tertiary/aromatic N) is 2. The molecule has 0 radical (unpaired) electrons. The van der Waals surface area contributed by atoms with Crippen LogP contribution in [0.3, 0.4) is 0 Å². The van der Waals surface area contributed by atoms with E-state index in [0.29, 0.717) is 28.9 Å². The lowest BCUT2D eigenvalue weighted by Crippen LogP contribution is -2.37. The molecule has 0 spiro atoms. The van der Waals surface area contributed by atoms with Crippen LogP contribution in [0.15, 0.2) is 52.4 Å². The lowest BCUT2D eigenvalue weighted by atomic mass is 10.0. The van der Waals surface area contributed by atoms with E-state index >= 15 is 0 Å². The molecule has 0 aromatic heterocycles. The van der Waals surface area contributed by atoms with Gasteiger partial charge < -0.3 is 14.4 Å². The zero-order valence-electron chi connectivity index (χ0n) is 18.3. The van der Waals surface area contributed by atoms with Gasteiger partial charge in [0.2, 0.25) is 0 Å². The molecule has 1 fully saturated rings. The normalized spacial score (nSPS) is 20.2. The second-order valence-electron chi connectivity index (χ2n) is 8.19. The first kappa shape index (κ1) is 21.5. The fourth-order valence-electron chi connectivity index (χ4n) is 3.79. The zero-order chi connectivity index (χ0) is 21.8. The lowest BCUT2D eigenvalue weighted by Gasteiger charge is -2.31. The van der Waals surface area contributed by atoms with E-state index < -0.39 is 0 Å². The van der Waals surface area contributed by atoms with Crippen LogP contribution in [0.4, 0.5) is 0 Å². The van der Waals surface area contributed by atoms with Crippen LogP contribution in [0.2, 0.25) is 0 Å². The van der Waals surface area contributed by atoms with Crippen LogP contribution in [0.25, 0.3) is 6.08 Å². The number of aryl methyl sites for hydroxylation is 1. The molecule has 2 aromatic carbocycles. The minimum absolute atomic E-state index is 0.170. The average Bonchev–Trinajstić information content (AvgIpc) is 3.14. The third-order valence-corrected chi connectivity index (χ3v) is 6.58. The van der Waals surface area contributed by atoms with Gasteiger partial charge in [-0.25, -0.2) is 0 Å². The third-order valence-electron chi connectivity index (χ3n) is 5.54. The summed E-state index contributed by atoms with van der Waals surface area (Å²) < 4.78 is 11.5. The maximum Gasteiger partial charge on any atom is 0.286 e. The summed E-state index contributed by atoms with van der Waals surface area (Å²) in [6.07, 6.45) is 4.27. The van der Waals surface area contributed by atoms with Crippen LogP contribution >= 0.6 is 11.8 Å². The molecule has 0 aliphatic carbocycles. The highest BCUT2D eigenvalue weighted by atomic mass is 32.2. The van der Waals surface area contributed by atoms with E-state index in [9.17, 15) is 4.79 Å². The predicted octanol–water partition coefficient (Wildman–Crippen LogP) is 5.28. The number of benzene rings is 2. The Balaban J connectivity index is 1.44. The van der Waals surface area contributed by atoms with Gasteiger partial charge >= 0.3 is 0 Å². The van der Waals surface area contributed by atoms with Crippen molar-refractivity contribution in [2.75, 3.05) is 20.2 Å². The molecule has 1 atom stereocenters. The molecule has 6 heteroatoms. The first-order valence-corrected chi connectivity index (χ1v) is 11.5. The summed E-state index contributed by atoms with van der Waals surface area (Å²) in [5, 5.41) is 0.827. The molecule has 1 saturated heterocycles. The largest absolute Gasteiger partial charge is 0.493 e. The molecule has 0 bridgehead atoms. The summed E-state index contributed by atoms with van der Waals surface area (Å²) in [6.45, 7) is 6.72. The van der Waals surface area contributed by atoms with Gasteiger partial charge in [0.25, 0.3) is 5.91 Å². The molecule has 2 heterocycles. The van der Waals surface area contributed by atoms with Crippen LogP contribution in [0, 0.1) is 12.8 Å². The molecule has 2 aliphatic heterocycles. The lowest BCUT2D eigenvalue weighted by molar-refractivity contribution is -0.113. The SMILES string of the molecule is COc1cc(/C=C2\SC(N3CCC[C@H](C)C3)=NC2=O)ccc1OCc1ccc(C)cc1. The minimum atomic E-state index is -0.170. The maximum absolute atomic E-state index is 12.5. The van der Waals surface area contributed by atoms with Crippen molar-refractivity contribution in [3.63, 3.8) is 0 Å². The Hall–Kier alpha value is -2.73. The van der Waals surface area contributed by atoms with Crippen molar-refractivity contribution >= 4 is 28.9 Å². The topological polar surface area (TPSA) is 51.1 Å². The number of methoxy groups -OCH3 is 1. The number of amides is 1. The molecular weight excluding hydrogens is 408 g/mol. The highest BCUT2D eigenvalue weighted by molar-refractivity contribution is 8.18. The number of ether oxygens (including phenoxy) is 2. The Bertz CT molecular complexity index is 1010. The number of hydrogen-bond donors (Lipinski definition) is 0. The summed E-state index contributed by atoms with van der Waals surface area (Å²) in [5.41, 5.74) is 3.21. The highest BCUT2D eigenvalue weighted by Gasteiger charge is 2.28. The van der Waals surface area contributed by atoms with Crippen LogP contribution in [0.5, 0.6) is 11.5 Å². The number of aliphatic imine (C=N–C) groups is 1. The van der Waals surface area contributed by atoms with Gasteiger partial charge in [-0.05, 0) is 66.8 Å². The van der Waals surface area contributed by atoms with Crippen LogP contribution in [-0.4, -0.2) is 36.2 Å². The number of carbonyl (C=O) groups excluding carboxylic acids is 1. The van der Waals surface area contributed by atoms with Gasteiger partial charge in [-0.3, -0.25) is 4.79 Å². The average molecular weight is 437 g/mol. The highest BCUT2D eigenvalue weighted by Crippen LogP contribution is 2.34. The molecule has 0 N–H and O–H groups in total. The Morgan fingerprint density at radius 3 is 2.74 bits per heavy atom. The van der Waals surface area contributed by atoms with E-state index in [1.807, 2.05) is 24.3 Å². The molecule has 0 saturated carbocycles. The third kappa shape index (κ3) is 5.31. The van der Waals surface area contributed by atoms with Gasteiger partial charge in [0.1, 0.15) is 6.61 Å². The molecule has 2 aromatic rings. The second-order valence-corrected chi connectivity index (χ2v) is 9.20. The van der Waals surface area contributed by atoms with Crippen molar-refractivity contribution in [3.05, 3.63) is 64.1 Å². The van der Waals surface area contributed by atoms with E-state index in [1.54, 1.807) is 7.11 Å². The van der Waals surface area contributed by atoms with Gasteiger partial charge in [0.05, 0.1) is 12.0 Å². The van der Waals surface area contributed by atoms with Gasteiger partial charge in [0.15, 0.2) is 16.7 Å². The Labute approximate surface area is 188 Å². The quantitative estimate of drug-likeness (QED) is 0.597. The second kappa shape index (κ2) is 9.60. The van der Waals surface area contributed by atoms with Crippen LogP contribution < -0.4 is 9.47 Å². The number of thioether (sulfide) groups is 1. The number of piperidine rings is 1. The number of carbonyl (C=O) groups is 1. The van der Waals surface area contributed by atoms with E-state index in [0.717, 1.165) is 35.8 Å². The van der Waals surface area contributed by atoms with Crippen molar-refractivity contribution in [1.29, 1.82) is 0 Å². The fourth-order valence-corrected chi connectivity index (χ4v) is 4.73. The zero-order valence-corrected chi connectivity index (χ0v) is 19.1. The van der Waals surface area contributed by atoms with Gasteiger partial charge in [0, 0.05) is 13.1 Å². The molecule has 1 amide bonds. The van der Waals surface area contributed by atoms with Crippen molar-refractivity contribution in [3.8, 4) is 11.5 Å². The van der Waals surface area contributed by atoms with Crippen LogP contribution in [0.1, 0.15) is 36.5 Å². The van der Waals surface area contributed by atoms with E-state index in [4.69, 9.17) is 9.47 Å². The summed E-state index contributed by atoms with van der Waals surface area (Å²) in [6, 6.07) is 14.0. The van der Waals surface area contributed by atoms with Crippen molar-refractivity contribution in [2.24, 2.45) is 10.9 Å². The van der Waals surface area contributed by atoms with Crippen molar-refractivity contribution in [1.82, 2.24) is 4.90 Å². The Kier molecular flexibility index (Phi) is 6.66. The molecule has 4 rings (SSSR count). The fraction of sp³-hybridized carbons (Fsp3) is 0.360. The molecule has 162 valence electrons. The number of rotatable bonds is 5. The predicted molar refractivity (Wildman–Crippen MR) is 126 cm³/mol. The van der Waals surface area contributed by atoms with Gasteiger partial charge in [-0.1, -0.05) is 42.8 Å². The monoisotopic (exact) mass is 436 g/mol. The summed E-state index contributed by atoms with van der Waals surface area (Å²) in [7, 11) is 1.62. The first-order valence-electron chi connectivity index (χ1n) is 10.7. The molecular formula is C25H28N2O3S. The summed E-state index contributed by atoms with van der Waals surface area (Å²) >= 11 is 1.46. The minimum Gasteiger partial charge on any atom is -0.493 e. The van der Waals surface area contributed by atoms with E-state index in [1.165, 1.54) is 23.7 Å². The molecule has 2 aliphatic rings. The maximum atomic E-state index is 12.5. The first-order chi connectivity index (χ1) is 15.0. The number of likely N-dealkylation sites (tertiary alicyclic amines) is 1. The van der Waals surface area contributed by atoms with Crippen LogP contribution in [-0.2, 0) is 11.4 Å². The summed E-state index contributed by atoms with van der Waals surface area (Å²) in [4.78, 5) is 19.6. The molecule has 31 heavy (non-hydrogen) atoms. The smallest absolute Gasteiger partial charge is 0.286 e. The van der Waals surface area contributed by atoms with E-state index in [2.05, 4.69) is 48.0 Å². The number of hydrogen-bond acceptors (Lipinski definition) is 5. The van der Waals surface area contributed by atoms with Gasteiger partial charge in [-0.2, -0.15) is 4.99 Å². The van der Waals surface area contributed by atoms with E-state index in [-0.39, 0.29) is 5.91 Å². The molecule has 0 unspecified atom stereocenters. The standard InChI is InChI=1S/C25H28N2O3S/c1-17-6-8-19(9-7-17)16-30-21-11-10-20(13-22(21)29-3)14-23-24(28)26-25(31-23)27-12-4-5-18(2)15-27/h6-11,13-14,18H,4-5,12,15-16H2,1-3H3/b23-14-/t18-/m0/s1. The Morgan fingerprint density at radius 2 is 2.00 bits per heavy atom. The molecule has 5 nitrogen and oxygen atoms in total. The number of amidine groups is 1. The summed E-state index contributed by atoms with van der Waals surface area (Å²) in [5.74, 6) is 1.78. The van der Waals surface area contributed by atoms with Gasteiger partial charge in [-0.15, -0.1) is 0 Å². The Morgan fingerprint density at radius 1 is 1.19 bits per heavy atom. The van der Waals surface area contributed by atoms with Crippen molar-refractivity contribution in [2.45, 2.75) is 33.3 Å². The van der Waals surface area contributed by atoms with Crippen molar-refractivity contribution < 1.29 is 14.3 Å².